The highest BCUT2D eigenvalue weighted by molar-refractivity contribution is 5.44. The van der Waals surface area contributed by atoms with E-state index in [1.165, 1.54) is 0 Å². The van der Waals surface area contributed by atoms with Gasteiger partial charge in [0.1, 0.15) is 0 Å². The largest absolute Gasteiger partial charge is 0.347 e. The molecule has 0 fully saturated rings. The molecule has 0 saturated carbocycles. The lowest BCUT2D eigenvalue weighted by molar-refractivity contribution is 0.499. The fourth-order valence-electron chi connectivity index (χ4n) is 1.81. The molecule has 1 aromatic heterocycles. The molecule has 1 atom stereocenters. The number of nitrogens with two attached hydrogens (primary N) is 1. The van der Waals surface area contributed by atoms with Gasteiger partial charge in [-0.05, 0) is 19.3 Å². The first kappa shape index (κ1) is 15.4. The van der Waals surface area contributed by atoms with Crippen molar-refractivity contribution in [3.63, 3.8) is 0 Å². The van der Waals surface area contributed by atoms with E-state index in [-0.39, 0.29) is 0 Å². The molecular weight excluding hydrogens is 242 g/mol. The fraction of sp³-hybridized carbons (Fsp3) is 0.750. The highest BCUT2D eigenvalue weighted by atomic mass is 15.4. The summed E-state index contributed by atoms with van der Waals surface area (Å²) in [6, 6.07) is 0.350. The van der Waals surface area contributed by atoms with Gasteiger partial charge < -0.3 is 9.80 Å². The molecule has 0 saturated heterocycles. The fourth-order valence-corrected chi connectivity index (χ4v) is 1.81. The van der Waals surface area contributed by atoms with E-state index < -0.39 is 0 Å². The van der Waals surface area contributed by atoms with Crippen molar-refractivity contribution in [1.29, 1.82) is 0 Å². The lowest BCUT2D eigenvalue weighted by Crippen LogP contribution is -2.32. The second kappa shape index (κ2) is 6.51. The molecule has 19 heavy (non-hydrogen) atoms. The Morgan fingerprint density at radius 1 is 1.05 bits per heavy atom. The van der Waals surface area contributed by atoms with E-state index in [4.69, 9.17) is 5.84 Å². The third-order valence-electron chi connectivity index (χ3n) is 2.93. The first-order chi connectivity index (χ1) is 8.85. The molecule has 1 aromatic rings. The molecule has 0 bridgehead atoms. The molecule has 1 heterocycles. The number of rotatable bonds is 6. The Bertz CT molecular complexity index is 405. The van der Waals surface area contributed by atoms with E-state index in [0.29, 0.717) is 29.8 Å². The first-order valence-electron chi connectivity index (χ1n) is 6.48. The van der Waals surface area contributed by atoms with E-state index in [1.807, 2.05) is 26.0 Å². The Labute approximate surface area is 115 Å². The predicted octanol–water partition coefficient (Wildman–Crippen LogP) is 1.09. The molecule has 0 aliphatic rings. The van der Waals surface area contributed by atoms with Crippen molar-refractivity contribution in [2.45, 2.75) is 33.2 Å². The molecule has 7 heteroatoms. The minimum atomic E-state index is 0.350. The number of hydrazine groups is 1. The van der Waals surface area contributed by atoms with E-state index in [2.05, 4.69) is 46.0 Å². The van der Waals surface area contributed by atoms with Crippen LogP contribution < -0.4 is 21.1 Å². The third kappa shape index (κ3) is 4.20. The van der Waals surface area contributed by atoms with Gasteiger partial charge >= 0.3 is 0 Å². The Hall–Kier alpha value is -1.63. The van der Waals surface area contributed by atoms with Crippen LogP contribution in [0.4, 0.5) is 17.8 Å². The minimum absolute atomic E-state index is 0.350. The van der Waals surface area contributed by atoms with Crippen LogP contribution >= 0.6 is 0 Å². The molecule has 3 N–H and O–H groups in total. The van der Waals surface area contributed by atoms with Gasteiger partial charge in [-0.15, -0.1) is 0 Å². The average Bonchev–Trinajstić information content (AvgIpc) is 2.36. The maximum atomic E-state index is 5.40. The van der Waals surface area contributed by atoms with Crippen molar-refractivity contribution in [3.8, 4) is 0 Å². The van der Waals surface area contributed by atoms with Crippen LogP contribution in [0.15, 0.2) is 0 Å². The highest BCUT2D eigenvalue weighted by Gasteiger charge is 2.16. The summed E-state index contributed by atoms with van der Waals surface area (Å²) in [5, 5.41) is 0. The van der Waals surface area contributed by atoms with Crippen LogP contribution in [0, 0.1) is 5.92 Å². The lowest BCUT2D eigenvalue weighted by Gasteiger charge is -2.27. The van der Waals surface area contributed by atoms with E-state index in [1.54, 1.807) is 0 Å². The summed E-state index contributed by atoms with van der Waals surface area (Å²) in [5.74, 6) is 7.61. The van der Waals surface area contributed by atoms with Crippen LogP contribution in [0.3, 0.4) is 0 Å². The topological polar surface area (TPSA) is 83.2 Å². The molecule has 0 aliphatic heterocycles. The number of aromatic nitrogens is 3. The van der Waals surface area contributed by atoms with Crippen molar-refractivity contribution >= 4 is 17.8 Å². The van der Waals surface area contributed by atoms with Crippen molar-refractivity contribution in [3.05, 3.63) is 0 Å². The molecule has 0 aliphatic carbocycles. The molecule has 1 unspecified atom stereocenters. The summed E-state index contributed by atoms with van der Waals surface area (Å²) in [6.07, 6.45) is 1.07. The Morgan fingerprint density at radius 2 is 1.63 bits per heavy atom. The van der Waals surface area contributed by atoms with E-state index >= 15 is 0 Å². The minimum Gasteiger partial charge on any atom is -0.347 e. The van der Waals surface area contributed by atoms with Crippen LogP contribution in [0.5, 0.6) is 0 Å². The summed E-state index contributed by atoms with van der Waals surface area (Å²) in [4.78, 5) is 16.8. The molecule has 0 amide bonds. The Morgan fingerprint density at radius 3 is 2.11 bits per heavy atom. The van der Waals surface area contributed by atoms with Crippen molar-refractivity contribution in [2.75, 3.05) is 36.4 Å². The first-order valence-corrected chi connectivity index (χ1v) is 6.48. The maximum absolute atomic E-state index is 5.40. The zero-order valence-corrected chi connectivity index (χ0v) is 12.7. The van der Waals surface area contributed by atoms with Gasteiger partial charge in [0.05, 0.1) is 0 Å². The number of nitrogens with one attached hydrogen (secondary N) is 1. The second-order valence-electron chi connectivity index (χ2n) is 5.39. The van der Waals surface area contributed by atoms with Crippen molar-refractivity contribution in [1.82, 2.24) is 15.0 Å². The smallest absolute Gasteiger partial charge is 0.243 e. The molecule has 0 spiro atoms. The molecular formula is C12H25N7. The number of hydrogen-bond donors (Lipinski definition) is 2. The Kier molecular flexibility index (Phi) is 5.29. The molecule has 0 radical (unpaired) electrons. The van der Waals surface area contributed by atoms with Gasteiger partial charge in [-0.2, -0.15) is 15.0 Å². The van der Waals surface area contributed by atoms with Gasteiger partial charge in [-0.25, -0.2) is 5.84 Å². The quantitative estimate of drug-likeness (QED) is 0.589. The third-order valence-corrected chi connectivity index (χ3v) is 2.93. The van der Waals surface area contributed by atoms with Crippen molar-refractivity contribution < 1.29 is 0 Å². The second-order valence-corrected chi connectivity index (χ2v) is 5.39. The van der Waals surface area contributed by atoms with Gasteiger partial charge in [-0.3, -0.25) is 5.43 Å². The predicted molar refractivity (Wildman–Crippen MR) is 79.3 cm³/mol. The van der Waals surface area contributed by atoms with E-state index in [0.717, 1.165) is 6.42 Å². The SMILES string of the molecule is CC(C)CC(C)N(C)c1nc(NN)nc(N(C)C)n1. The molecule has 0 aromatic carbocycles. The maximum Gasteiger partial charge on any atom is 0.243 e. The van der Waals surface area contributed by atoms with Crippen LogP contribution in [-0.4, -0.2) is 42.1 Å². The average molecular weight is 267 g/mol. The summed E-state index contributed by atoms with van der Waals surface area (Å²) < 4.78 is 0. The van der Waals surface area contributed by atoms with Gasteiger partial charge in [0.25, 0.3) is 0 Å². The zero-order chi connectivity index (χ0) is 14.6. The van der Waals surface area contributed by atoms with Gasteiger partial charge in [0.15, 0.2) is 0 Å². The standard InChI is InChI=1S/C12H25N7/c1-8(2)7-9(3)19(6)12-15-10(17-13)14-11(16-12)18(4)5/h8-9H,7,13H2,1-6H3,(H,14,15,16,17). The number of nitrogen functional groups attached to an aromatic ring is 1. The van der Waals surface area contributed by atoms with E-state index in [9.17, 15) is 0 Å². The number of anilines is 3. The van der Waals surface area contributed by atoms with Crippen LogP contribution in [0.2, 0.25) is 0 Å². The zero-order valence-electron chi connectivity index (χ0n) is 12.7. The van der Waals surface area contributed by atoms with Crippen LogP contribution in [-0.2, 0) is 0 Å². The van der Waals surface area contributed by atoms with Gasteiger partial charge in [0.2, 0.25) is 17.8 Å². The van der Waals surface area contributed by atoms with Crippen molar-refractivity contribution in [2.24, 2.45) is 11.8 Å². The summed E-state index contributed by atoms with van der Waals surface area (Å²) in [5.41, 5.74) is 2.48. The Balaban J connectivity index is 3.01. The normalized spacial score (nSPS) is 12.4. The number of nitrogens with zero attached hydrogens (tertiary/aromatic N) is 5. The van der Waals surface area contributed by atoms with Crippen LogP contribution in [0.25, 0.3) is 0 Å². The van der Waals surface area contributed by atoms with Gasteiger partial charge in [-0.1, -0.05) is 13.8 Å². The molecule has 7 nitrogen and oxygen atoms in total. The highest BCUT2D eigenvalue weighted by Crippen LogP contribution is 2.18. The lowest BCUT2D eigenvalue weighted by atomic mass is 10.0. The monoisotopic (exact) mass is 267 g/mol. The summed E-state index contributed by atoms with van der Waals surface area (Å²) in [7, 11) is 5.76. The molecule has 108 valence electrons. The number of hydrogen-bond acceptors (Lipinski definition) is 7. The molecule has 1 rings (SSSR count). The van der Waals surface area contributed by atoms with Gasteiger partial charge in [0, 0.05) is 27.2 Å². The summed E-state index contributed by atoms with van der Waals surface area (Å²) in [6.45, 7) is 6.57. The van der Waals surface area contributed by atoms with Crippen LogP contribution in [0.1, 0.15) is 27.2 Å². The summed E-state index contributed by atoms with van der Waals surface area (Å²) >= 11 is 0.